The summed E-state index contributed by atoms with van der Waals surface area (Å²) >= 11 is 0. The molecule has 0 fully saturated rings. The van der Waals surface area contributed by atoms with Gasteiger partial charge in [-0.15, -0.1) is 0 Å². The summed E-state index contributed by atoms with van der Waals surface area (Å²) in [5.41, 5.74) is 0.485. The van der Waals surface area contributed by atoms with Crippen LogP contribution in [0, 0.1) is 5.82 Å². The Kier molecular flexibility index (Phi) is 3.95. The molecule has 0 spiro atoms. The Bertz CT molecular complexity index is 545. The number of benzene rings is 1. The van der Waals surface area contributed by atoms with E-state index in [1.807, 2.05) is 32.2 Å². The van der Waals surface area contributed by atoms with Crippen LogP contribution < -0.4 is 5.32 Å². The minimum Gasteiger partial charge on any atom is -0.457 e. The molecule has 0 saturated heterocycles. The fraction of sp³-hybridized carbons (Fsp3) is 0.200. The lowest BCUT2D eigenvalue weighted by molar-refractivity contribution is 0.560. The molecule has 0 aliphatic carbocycles. The summed E-state index contributed by atoms with van der Waals surface area (Å²) in [5, 5.41) is 3.09. The van der Waals surface area contributed by atoms with Gasteiger partial charge in [-0.2, -0.15) is 0 Å². The van der Waals surface area contributed by atoms with Crippen molar-refractivity contribution in [3.05, 3.63) is 54.1 Å². The fourth-order valence-corrected chi connectivity index (χ4v) is 1.58. The Balaban J connectivity index is 2.21. The van der Waals surface area contributed by atoms with Gasteiger partial charge >= 0.3 is 0 Å². The van der Waals surface area contributed by atoms with Crippen molar-refractivity contribution in [3.63, 3.8) is 0 Å². The SMILES string of the molecule is CNC(C)/C=C/c1ccc(-c2ccccc2F)o1. The highest BCUT2D eigenvalue weighted by Gasteiger charge is 2.07. The normalized spacial score (nSPS) is 13.1. The van der Waals surface area contributed by atoms with Gasteiger partial charge in [0.1, 0.15) is 17.3 Å². The predicted octanol–water partition coefficient (Wildman–Crippen LogP) is 3.71. The average Bonchev–Trinajstić information content (AvgIpc) is 2.85. The topological polar surface area (TPSA) is 25.2 Å². The summed E-state index contributed by atoms with van der Waals surface area (Å²) in [6, 6.07) is 10.5. The van der Waals surface area contributed by atoms with E-state index in [0.29, 0.717) is 11.3 Å². The first-order chi connectivity index (χ1) is 8.70. The van der Waals surface area contributed by atoms with Gasteiger partial charge in [-0.05, 0) is 44.3 Å². The second-order valence-corrected chi connectivity index (χ2v) is 4.12. The van der Waals surface area contributed by atoms with E-state index in [1.54, 1.807) is 24.3 Å². The van der Waals surface area contributed by atoms with E-state index in [2.05, 4.69) is 5.32 Å². The molecule has 0 saturated carbocycles. The highest BCUT2D eigenvalue weighted by Crippen LogP contribution is 2.25. The lowest BCUT2D eigenvalue weighted by Gasteiger charge is -2.01. The van der Waals surface area contributed by atoms with E-state index in [4.69, 9.17) is 4.42 Å². The maximum atomic E-state index is 13.6. The molecule has 1 N–H and O–H groups in total. The molecule has 18 heavy (non-hydrogen) atoms. The van der Waals surface area contributed by atoms with Crippen molar-refractivity contribution in [2.45, 2.75) is 13.0 Å². The second kappa shape index (κ2) is 5.65. The Hall–Kier alpha value is -1.87. The summed E-state index contributed by atoms with van der Waals surface area (Å²) in [5.74, 6) is 0.992. The highest BCUT2D eigenvalue weighted by molar-refractivity contribution is 5.60. The molecule has 94 valence electrons. The van der Waals surface area contributed by atoms with Crippen molar-refractivity contribution in [1.29, 1.82) is 0 Å². The first-order valence-electron chi connectivity index (χ1n) is 5.91. The van der Waals surface area contributed by atoms with Crippen molar-refractivity contribution >= 4 is 6.08 Å². The lowest BCUT2D eigenvalue weighted by atomic mass is 10.1. The first kappa shape index (κ1) is 12.6. The van der Waals surface area contributed by atoms with E-state index < -0.39 is 0 Å². The molecule has 0 aliphatic heterocycles. The third-order valence-electron chi connectivity index (χ3n) is 2.77. The number of hydrogen-bond acceptors (Lipinski definition) is 2. The third-order valence-corrected chi connectivity index (χ3v) is 2.77. The van der Waals surface area contributed by atoms with Crippen molar-refractivity contribution < 1.29 is 8.81 Å². The fourth-order valence-electron chi connectivity index (χ4n) is 1.58. The van der Waals surface area contributed by atoms with Crippen LogP contribution in [0.25, 0.3) is 17.4 Å². The molecule has 3 heteroatoms. The monoisotopic (exact) mass is 245 g/mol. The van der Waals surface area contributed by atoms with Crippen LogP contribution in [0.15, 0.2) is 46.9 Å². The van der Waals surface area contributed by atoms with Gasteiger partial charge < -0.3 is 9.73 Å². The predicted molar refractivity (Wildman–Crippen MR) is 71.7 cm³/mol. The van der Waals surface area contributed by atoms with Crippen molar-refractivity contribution in [1.82, 2.24) is 5.32 Å². The highest BCUT2D eigenvalue weighted by atomic mass is 19.1. The zero-order chi connectivity index (χ0) is 13.0. The molecule has 2 nitrogen and oxygen atoms in total. The molecule has 0 bridgehead atoms. The van der Waals surface area contributed by atoms with Crippen molar-refractivity contribution in [3.8, 4) is 11.3 Å². The molecule has 1 unspecified atom stereocenters. The van der Waals surface area contributed by atoms with Gasteiger partial charge in [0, 0.05) is 6.04 Å². The molecule has 0 amide bonds. The summed E-state index contributed by atoms with van der Waals surface area (Å²) in [4.78, 5) is 0. The number of rotatable bonds is 4. The maximum absolute atomic E-state index is 13.6. The molecular formula is C15H16FNO. The van der Waals surface area contributed by atoms with Gasteiger partial charge in [-0.3, -0.25) is 0 Å². The minimum atomic E-state index is -0.272. The van der Waals surface area contributed by atoms with Crippen LogP contribution in [0.5, 0.6) is 0 Å². The van der Waals surface area contributed by atoms with Crippen LogP contribution in [-0.2, 0) is 0 Å². The quantitative estimate of drug-likeness (QED) is 0.888. The zero-order valence-corrected chi connectivity index (χ0v) is 10.5. The van der Waals surface area contributed by atoms with Gasteiger partial charge in [0.2, 0.25) is 0 Å². The zero-order valence-electron chi connectivity index (χ0n) is 10.5. The van der Waals surface area contributed by atoms with Crippen LogP contribution >= 0.6 is 0 Å². The number of nitrogens with one attached hydrogen (secondary N) is 1. The smallest absolute Gasteiger partial charge is 0.137 e. The van der Waals surface area contributed by atoms with Crippen LogP contribution in [-0.4, -0.2) is 13.1 Å². The minimum absolute atomic E-state index is 0.270. The summed E-state index contributed by atoms with van der Waals surface area (Å²) < 4.78 is 19.2. The molecule has 1 heterocycles. The molecule has 0 radical (unpaired) electrons. The van der Waals surface area contributed by atoms with E-state index >= 15 is 0 Å². The van der Waals surface area contributed by atoms with Crippen molar-refractivity contribution in [2.75, 3.05) is 7.05 Å². The molecule has 2 rings (SSSR count). The molecule has 1 atom stereocenters. The average molecular weight is 245 g/mol. The standard InChI is InChI=1S/C15H16FNO/c1-11(17-2)7-8-12-9-10-15(18-12)13-5-3-4-6-14(13)16/h3-11,17H,1-2H3/b8-7+. The molecule has 1 aromatic carbocycles. The van der Waals surface area contributed by atoms with Crippen LogP contribution in [0.3, 0.4) is 0 Å². The Labute approximate surface area is 106 Å². The Morgan fingerprint density at radius 3 is 2.72 bits per heavy atom. The maximum Gasteiger partial charge on any atom is 0.137 e. The van der Waals surface area contributed by atoms with Gasteiger partial charge in [-0.1, -0.05) is 18.2 Å². The van der Waals surface area contributed by atoms with E-state index in [1.165, 1.54) is 6.07 Å². The largest absolute Gasteiger partial charge is 0.457 e. The van der Waals surface area contributed by atoms with Gasteiger partial charge in [0.15, 0.2) is 0 Å². The Morgan fingerprint density at radius 1 is 1.22 bits per heavy atom. The number of halogens is 1. The van der Waals surface area contributed by atoms with E-state index in [0.717, 1.165) is 5.76 Å². The van der Waals surface area contributed by atoms with E-state index in [9.17, 15) is 4.39 Å². The summed E-state index contributed by atoms with van der Waals surface area (Å²) in [6.45, 7) is 2.04. The van der Waals surface area contributed by atoms with Crippen LogP contribution in [0.2, 0.25) is 0 Å². The Morgan fingerprint density at radius 2 is 2.00 bits per heavy atom. The van der Waals surface area contributed by atoms with Gasteiger partial charge in [-0.25, -0.2) is 4.39 Å². The molecule has 1 aromatic heterocycles. The third kappa shape index (κ3) is 2.87. The second-order valence-electron chi connectivity index (χ2n) is 4.12. The van der Waals surface area contributed by atoms with Crippen LogP contribution in [0.4, 0.5) is 4.39 Å². The number of furan rings is 1. The molecular weight excluding hydrogens is 229 g/mol. The number of likely N-dealkylation sites (N-methyl/N-ethyl adjacent to an activating group) is 1. The number of hydrogen-bond donors (Lipinski definition) is 1. The summed E-state index contributed by atoms with van der Waals surface area (Å²) in [6.07, 6.45) is 3.87. The van der Waals surface area contributed by atoms with Gasteiger partial charge in [0.05, 0.1) is 5.56 Å². The lowest BCUT2D eigenvalue weighted by Crippen LogP contribution is -2.17. The summed E-state index contributed by atoms with van der Waals surface area (Å²) in [7, 11) is 1.89. The first-order valence-corrected chi connectivity index (χ1v) is 5.91. The van der Waals surface area contributed by atoms with Crippen LogP contribution in [0.1, 0.15) is 12.7 Å². The molecule has 0 aliphatic rings. The van der Waals surface area contributed by atoms with Crippen molar-refractivity contribution in [2.24, 2.45) is 0 Å². The van der Waals surface area contributed by atoms with E-state index in [-0.39, 0.29) is 11.9 Å². The van der Waals surface area contributed by atoms with Gasteiger partial charge in [0.25, 0.3) is 0 Å². The molecule has 2 aromatic rings.